The van der Waals surface area contributed by atoms with Gasteiger partial charge in [0.2, 0.25) is 5.91 Å². The molecule has 0 saturated heterocycles. The largest absolute Gasteiger partial charge is 0.334 e. The van der Waals surface area contributed by atoms with Gasteiger partial charge >= 0.3 is 6.03 Å². The summed E-state index contributed by atoms with van der Waals surface area (Å²) in [7, 11) is 0. The molecular weight excluding hydrogens is 266 g/mol. The molecule has 0 aromatic rings. The fraction of sp³-hybridized carbons (Fsp3) is 0.750. The summed E-state index contributed by atoms with van der Waals surface area (Å²) in [5, 5.41) is 4.94. The first kappa shape index (κ1) is 16.0. The molecule has 2 rings (SSSR count). The van der Waals surface area contributed by atoms with E-state index in [1.165, 1.54) is 44.9 Å². The molecule has 0 spiro atoms. The minimum atomic E-state index is -0.437. The lowest BCUT2D eigenvalue weighted by Crippen LogP contribution is -2.46. The molecule has 2 N–H and O–H groups in total. The third-order valence-corrected chi connectivity index (χ3v) is 4.29. The first-order valence-electron chi connectivity index (χ1n) is 8.11. The van der Waals surface area contributed by atoms with Gasteiger partial charge in [0.15, 0.2) is 0 Å². The number of nitrogens with zero attached hydrogens (tertiary/aromatic N) is 1. The lowest BCUT2D eigenvalue weighted by atomic mass is 9.89. The minimum absolute atomic E-state index is 0.209. The Balaban J connectivity index is 1.74. The number of carbonyl (C=O) groups is 2. The first-order chi connectivity index (χ1) is 10.2. The van der Waals surface area contributed by atoms with Gasteiger partial charge in [-0.25, -0.2) is 4.79 Å². The van der Waals surface area contributed by atoms with Crippen molar-refractivity contribution in [1.29, 1.82) is 0 Å². The molecule has 2 fully saturated rings. The second-order valence-electron chi connectivity index (χ2n) is 6.21. The summed E-state index contributed by atoms with van der Waals surface area (Å²) >= 11 is 0. The number of urea groups is 1. The van der Waals surface area contributed by atoms with Crippen molar-refractivity contribution in [3.8, 4) is 0 Å². The molecule has 0 aromatic carbocycles. The maximum atomic E-state index is 12.0. The lowest BCUT2D eigenvalue weighted by molar-refractivity contribution is -0.121. The average molecular weight is 293 g/mol. The normalized spacial score (nSPS) is 19.3. The highest BCUT2D eigenvalue weighted by molar-refractivity contribution is 5.95. The van der Waals surface area contributed by atoms with Crippen LogP contribution in [0, 0.1) is 5.92 Å². The molecule has 2 saturated carbocycles. The average Bonchev–Trinajstić information content (AvgIpc) is 3.30. The summed E-state index contributed by atoms with van der Waals surface area (Å²) in [6, 6.07) is 0.113. The summed E-state index contributed by atoms with van der Waals surface area (Å²) in [5.41, 5.74) is 0. The predicted molar refractivity (Wildman–Crippen MR) is 82.9 cm³/mol. The van der Waals surface area contributed by atoms with E-state index in [0.717, 1.165) is 12.5 Å². The molecule has 0 aromatic heterocycles. The fourth-order valence-electron chi connectivity index (χ4n) is 3.04. The van der Waals surface area contributed by atoms with E-state index in [2.05, 4.69) is 22.1 Å². The van der Waals surface area contributed by atoms with Crippen molar-refractivity contribution < 1.29 is 9.59 Å². The third kappa shape index (κ3) is 5.87. The topological polar surface area (TPSA) is 61.4 Å². The van der Waals surface area contributed by atoms with Crippen molar-refractivity contribution in [1.82, 2.24) is 15.5 Å². The summed E-state index contributed by atoms with van der Waals surface area (Å²) in [6.07, 6.45) is 10.5. The van der Waals surface area contributed by atoms with Crippen LogP contribution in [0.15, 0.2) is 12.7 Å². The third-order valence-electron chi connectivity index (χ3n) is 4.29. The molecule has 0 aliphatic heterocycles. The molecule has 21 heavy (non-hydrogen) atoms. The molecule has 5 heteroatoms. The number of hydrogen-bond donors (Lipinski definition) is 2. The number of rotatable bonds is 7. The maximum Gasteiger partial charge on any atom is 0.321 e. The van der Waals surface area contributed by atoms with Crippen molar-refractivity contribution in [3.63, 3.8) is 0 Å². The molecule has 0 atom stereocenters. The van der Waals surface area contributed by atoms with Crippen LogP contribution in [0.3, 0.4) is 0 Å². The molecule has 0 bridgehead atoms. The highest BCUT2D eigenvalue weighted by Gasteiger charge is 2.32. The number of nitrogens with one attached hydrogen (secondary N) is 2. The van der Waals surface area contributed by atoms with E-state index in [-0.39, 0.29) is 5.91 Å². The Morgan fingerprint density at radius 1 is 1.14 bits per heavy atom. The summed E-state index contributed by atoms with van der Waals surface area (Å²) < 4.78 is 0. The van der Waals surface area contributed by atoms with Gasteiger partial charge < -0.3 is 5.32 Å². The van der Waals surface area contributed by atoms with Crippen LogP contribution >= 0.6 is 0 Å². The van der Waals surface area contributed by atoms with Gasteiger partial charge in [0.05, 0.1) is 6.54 Å². The van der Waals surface area contributed by atoms with Crippen LogP contribution in [0.25, 0.3) is 0 Å². The van der Waals surface area contributed by atoms with E-state index >= 15 is 0 Å². The van der Waals surface area contributed by atoms with Gasteiger partial charge in [-0.2, -0.15) is 0 Å². The molecule has 5 nitrogen and oxygen atoms in total. The van der Waals surface area contributed by atoms with E-state index in [4.69, 9.17) is 0 Å². The minimum Gasteiger partial charge on any atom is -0.334 e. The zero-order valence-electron chi connectivity index (χ0n) is 12.8. The van der Waals surface area contributed by atoms with Crippen LogP contribution in [0.1, 0.15) is 44.9 Å². The van der Waals surface area contributed by atoms with Crippen LogP contribution in [0.2, 0.25) is 0 Å². The van der Waals surface area contributed by atoms with Crippen molar-refractivity contribution in [2.45, 2.75) is 51.0 Å². The Hall–Kier alpha value is -1.36. The SMILES string of the molecule is C=CCNC(=O)NC(=O)CN(CC1CCCCC1)C1CC1. The molecule has 2 aliphatic rings. The maximum absolute atomic E-state index is 12.0. The van der Waals surface area contributed by atoms with Crippen LogP contribution in [-0.4, -0.2) is 42.5 Å². The standard InChI is InChI=1S/C16H27N3O2/c1-2-10-17-16(21)18-15(20)12-19(14-8-9-14)11-13-6-4-3-5-7-13/h2,13-14H,1,3-12H2,(H2,17,18,20,21). The van der Waals surface area contributed by atoms with Gasteiger partial charge in [-0.1, -0.05) is 25.3 Å². The second kappa shape index (κ2) is 8.17. The van der Waals surface area contributed by atoms with Crippen LogP contribution in [0.4, 0.5) is 4.79 Å². The molecule has 0 heterocycles. The van der Waals surface area contributed by atoms with Gasteiger partial charge in [0, 0.05) is 19.1 Å². The summed E-state index contributed by atoms with van der Waals surface area (Å²) in [6.45, 7) is 5.23. The Kier molecular flexibility index (Phi) is 6.23. The predicted octanol–water partition coefficient (Wildman–Crippen LogP) is 2.04. The number of carbonyl (C=O) groups excluding carboxylic acids is 2. The van der Waals surface area contributed by atoms with E-state index in [1.54, 1.807) is 6.08 Å². The molecule has 118 valence electrons. The van der Waals surface area contributed by atoms with Crippen LogP contribution in [-0.2, 0) is 4.79 Å². The second-order valence-corrected chi connectivity index (χ2v) is 6.21. The molecule has 3 amide bonds. The molecule has 0 unspecified atom stereocenters. The van der Waals surface area contributed by atoms with Crippen LogP contribution in [0.5, 0.6) is 0 Å². The van der Waals surface area contributed by atoms with E-state index in [9.17, 15) is 9.59 Å². The van der Waals surface area contributed by atoms with Gasteiger partial charge in [-0.3, -0.25) is 15.0 Å². The Labute approximate surface area is 127 Å². The number of hydrogen-bond acceptors (Lipinski definition) is 3. The Bertz CT molecular complexity index is 374. The van der Waals surface area contributed by atoms with Gasteiger partial charge in [0.25, 0.3) is 0 Å². The highest BCUT2D eigenvalue weighted by atomic mass is 16.2. The monoisotopic (exact) mass is 293 g/mol. The highest BCUT2D eigenvalue weighted by Crippen LogP contribution is 2.30. The zero-order chi connectivity index (χ0) is 15.1. The van der Waals surface area contributed by atoms with E-state index in [0.29, 0.717) is 19.1 Å². The lowest BCUT2D eigenvalue weighted by Gasteiger charge is -2.29. The van der Waals surface area contributed by atoms with Crippen molar-refractivity contribution in [2.75, 3.05) is 19.6 Å². The summed E-state index contributed by atoms with van der Waals surface area (Å²) in [5.74, 6) is 0.515. The smallest absolute Gasteiger partial charge is 0.321 e. The number of amides is 3. The van der Waals surface area contributed by atoms with E-state index < -0.39 is 6.03 Å². The van der Waals surface area contributed by atoms with Crippen molar-refractivity contribution in [3.05, 3.63) is 12.7 Å². The van der Waals surface area contributed by atoms with Gasteiger partial charge in [-0.05, 0) is 31.6 Å². The molecule has 0 radical (unpaired) electrons. The van der Waals surface area contributed by atoms with Crippen molar-refractivity contribution in [2.24, 2.45) is 5.92 Å². The molecule has 2 aliphatic carbocycles. The Morgan fingerprint density at radius 3 is 2.48 bits per heavy atom. The van der Waals surface area contributed by atoms with Crippen LogP contribution < -0.4 is 10.6 Å². The quantitative estimate of drug-likeness (QED) is 0.706. The van der Waals surface area contributed by atoms with Gasteiger partial charge in [0.1, 0.15) is 0 Å². The number of imide groups is 1. The zero-order valence-corrected chi connectivity index (χ0v) is 12.8. The van der Waals surface area contributed by atoms with Crippen molar-refractivity contribution >= 4 is 11.9 Å². The summed E-state index contributed by atoms with van der Waals surface area (Å²) in [4.78, 5) is 25.7. The first-order valence-corrected chi connectivity index (χ1v) is 8.11. The van der Waals surface area contributed by atoms with E-state index in [1.807, 2.05) is 0 Å². The van der Waals surface area contributed by atoms with Gasteiger partial charge in [-0.15, -0.1) is 6.58 Å². The Morgan fingerprint density at radius 2 is 1.86 bits per heavy atom. The fourth-order valence-corrected chi connectivity index (χ4v) is 3.04. The molecular formula is C16H27N3O2.